The van der Waals surface area contributed by atoms with E-state index in [1.165, 1.54) is 0 Å². The van der Waals surface area contributed by atoms with Gasteiger partial charge in [0, 0.05) is 27.7 Å². The summed E-state index contributed by atoms with van der Waals surface area (Å²) >= 11 is 0. The van der Waals surface area contributed by atoms with Crippen LogP contribution in [0, 0.1) is 10.1 Å². The number of nitro groups is 1. The first kappa shape index (κ1) is 12.0. The van der Waals surface area contributed by atoms with Crippen molar-refractivity contribution in [1.82, 2.24) is 0 Å². The molecule has 0 bridgehead atoms. The molecule has 0 rings (SSSR count). The first-order valence-corrected chi connectivity index (χ1v) is 3.87. The molecule has 14 heavy (non-hydrogen) atoms. The van der Waals surface area contributed by atoms with Gasteiger partial charge in [-0.05, 0) is 17.5 Å². The lowest BCUT2D eigenvalue weighted by Crippen LogP contribution is -2.22. The smallest absolute Gasteiger partial charge is 0.218 e. The molecule has 9 heteroatoms. The van der Waals surface area contributed by atoms with Gasteiger partial charge < -0.3 is 0 Å². The second-order valence-corrected chi connectivity index (χ2v) is 2.45. The fraction of sp³-hybridized carbons (Fsp3) is 1.00. The number of rotatable bonds is 7. The van der Waals surface area contributed by atoms with Gasteiger partial charge in [-0.1, -0.05) is 10.2 Å². The van der Waals surface area contributed by atoms with Crippen LogP contribution < -0.4 is 0 Å². The summed E-state index contributed by atoms with van der Waals surface area (Å²) in [7, 11) is 0. The van der Waals surface area contributed by atoms with Crippen molar-refractivity contribution in [3.63, 3.8) is 0 Å². The molecule has 0 aliphatic carbocycles. The zero-order chi connectivity index (χ0) is 10.8. The van der Waals surface area contributed by atoms with E-state index in [1.54, 1.807) is 0 Å². The van der Waals surface area contributed by atoms with Crippen LogP contribution in [0.15, 0.2) is 10.2 Å². The maximum atomic E-state index is 10.4. The molecule has 0 radical (unpaired) electrons. The van der Waals surface area contributed by atoms with Gasteiger partial charge in [0.1, 0.15) is 0 Å². The zero-order valence-corrected chi connectivity index (χ0v) is 7.35. The van der Waals surface area contributed by atoms with Crippen LogP contribution in [0.4, 0.5) is 0 Å². The Morgan fingerprint density at radius 3 is 2.50 bits per heavy atom. The van der Waals surface area contributed by atoms with Gasteiger partial charge in [0.15, 0.2) is 0 Å². The summed E-state index contributed by atoms with van der Waals surface area (Å²) in [5, 5.41) is 16.8. The minimum Gasteiger partial charge on any atom is -0.264 e. The molecule has 0 spiro atoms. The normalized spacial score (nSPS) is 10.9. The van der Waals surface area contributed by atoms with E-state index in [9.17, 15) is 10.1 Å². The molecule has 0 heterocycles. The van der Waals surface area contributed by atoms with Crippen LogP contribution in [-0.2, 0) is 0 Å². The molecule has 0 aromatic heterocycles. The highest BCUT2D eigenvalue weighted by Crippen LogP contribution is 2.02. The third kappa shape index (κ3) is 5.64. The summed E-state index contributed by atoms with van der Waals surface area (Å²) in [5.74, 6) is 0. The van der Waals surface area contributed by atoms with Crippen molar-refractivity contribution in [3.8, 4) is 0 Å². The minimum atomic E-state index is -0.889. The van der Waals surface area contributed by atoms with Crippen LogP contribution in [0.25, 0.3) is 20.9 Å². The van der Waals surface area contributed by atoms with Crippen molar-refractivity contribution in [2.24, 2.45) is 10.2 Å². The molecule has 0 saturated carbocycles. The highest BCUT2D eigenvalue weighted by Gasteiger charge is 2.17. The van der Waals surface area contributed by atoms with Gasteiger partial charge in [0.05, 0.1) is 6.54 Å². The molecule has 76 valence electrons. The van der Waals surface area contributed by atoms with Crippen molar-refractivity contribution in [3.05, 3.63) is 31.0 Å². The van der Waals surface area contributed by atoms with Crippen LogP contribution in [0.1, 0.15) is 12.8 Å². The Bertz CT molecular complexity index is 278. The lowest BCUT2D eigenvalue weighted by molar-refractivity contribution is -0.520. The van der Waals surface area contributed by atoms with E-state index in [-0.39, 0.29) is 19.5 Å². The fourth-order valence-electron chi connectivity index (χ4n) is 0.836. The maximum Gasteiger partial charge on any atom is 0.218 e. The fourth-order valence-corrected chi connectivity index (χ4v) is 0.836. The van der Waals surface area contributed by atoms with Gasteiger partial charge in [-0.25, -0.2) is 0 Å². The molecule has 0 aliphatic heterocycles. The Morgan fingerprint density at radius 2 is 2.00 bits per heavy atom. The topological polar surface area (TPSA) is 141 Å². The summed E-state index contributed by atoms with van der Waals surface area (Å²) in [6, 6.07) is -0.889. The summed E-state index contributed by atoms with van der Waals surface area (Å²) in [5.41, 5.74) is 15.9. The third-order valence-electron chi connectivity index (χ3n) is 1.51. The van der Waals surface area contributed by atoms with Crippen molar-refractivity contribution in [2.45, 2.75) is 18.9 Å². The largest absolute Gasteiger partial charge is 0.264 e. The molecule has 0 N–H and O–H groups in total. The number of hydrogen-bond donors (Lipinski definition) is 0. The number of nitrogens with zero attached hydrogens (tertiary/aromatic N) is 7. The summed E-state index contributed by atoms with van der Waals surface area (Å²) in [4.78, 5) is 14.8. The highest BCUT2D eigenvalue weighted by atomic mass is 16.6. The molecule has 0 amide bonds. The Morgan fingerprint density at radius 1 is 1.36 bits per heavy atom. The van der Waals surface area contributed by atoms with Crippen molar-refractivity contribution < 1.29 is 4.92 Å². The van der Waals surface area contributed by atoms with Gasteiger partial charge in [0.25, 0.3) is 0 Å². The van der Waals surface area contributed by atoms with Crippen LogP contribution in [-0.4, -0.2) is 24.1 Å². The lowest BCUT2D eigenvalue weighted by atomic mass is 10.2. The molecule has 1 atom stereocenters. The quantitative estimate of drug-likeness (QED) is 0.154. The number of hydrogen-bond acceptors (Lipinski definition) is 4. The molecule has 1 unspecified atom stereocenters. The van der Waals surface area contributed by atoms with E-state index in [0.717, 1.165) is 0 Å². The molecule has 0 aromatic rings. The Kier molecular flexibility index (Phi) is 6.57. The average Bonchev–Trinajstić information content (AvgIpc) is 2.16. The highest BCUT2D eigenvalue weighted by molar-refractivity contribution is 4.62. The molecule has 9 nitrogen and oxygen atoms in total. The second kappa shape index (κ2) is 7.66. The summed E-state index contributed by atoms with van der Waals surface area (Å²) in [6.45, 7) is 0.0525. The minimum absolute atomic E-state index is 0.167. The SMILES string of the molecule is [N-]=[N+]=NCCCC(CN=[N+]=[N-])[N+](=O)[O-]. The average molecular weight is 199 g/mol. The van der Waals surface area contributed by atoms with Crippen LogP contribution in [0.3, 0.4) is 0 Å². The first-order chi connectivity index (χ1) is 6.72. The Hall–Kier alpha value is -1.98. The van der Waals surface area contributed by atoms with E-state index >= 15 is 0 Å². The monoisotopic (exact) mass is 199 g/mol. The van der Waals surface area contributed by atoms with Crippen molar-refractivity contribution in [2.75, 3.05) is 13.1 Å². The predicted octanol–water partition coefficient (Wildman–Crippen LogP) is 2.03. The Labute approximate surface area is 79.1 Å². The summed E-state index contributed by atoms with van der Waals surface area (Å²) < 4.78 is 0. The maximum absolute atomic E-state index is 10.4. The van der Waals surface area contributed by atoms with Gasteiger partial charge >= 0.3 is 0 Å². The standard InChI is InChI=1S/C5H9N7O2/c6-10-8-3-1-2-5(12(13)14)4-9-11-7/h5H,1-4H2. The second-order valence-electron chi connectivity index (χ2n) is 2.45. The van der Waals surface area contributed by atoms with E-state index in [4.69, 9.17) is 11.1 Å². The molecule has 0 aromatic carbocycles. The van der Waals surface area contributed by atoms with Gasteiger partial charge in [-0.15, -0.1) is 0 Å². The van der Waals surface area contributed by atoms with Crippen molar-refractivity contribution >= 4 is 0 Å². The molecule has 0 fully saturated rings. The van der Waals surface area contributed by atoms with E-state index in [1.807, 2.05) is 0 Å². The zero-order valence-electron chi connectivity index (χ0n) is 7.35. The molecular weight excluding hydrogens is 190 g/mol. The van der Waals surface area contributed by atoms with Crippen LogP contribution >= 0.6 is 0 Å². The van der Waals surface area contributed by atoms with Gasteiger partial charge in [-0.2, -0.15) is 0 Å². The number of azide groups is 2. The van der Waals surface area contributed by atoms with E-state index in [2.05, 4.69) is 20.1 Å². The van der Waals surface area contributed by atoms with Crippen LogP contribution in [0.5, 0.6) is 0 Å². The molecule has 0 saturated heterocycles. The molecular formula is C5H9N7O2. The molecule has 0 aliphatic rings. The first-order valence-electron chi connectivity index (χ1n) is 3.87. The summed E-state index contributed by atoms with van der Waals surface area (Å²) in [6.07, 6.45) is 0.654. The lowest BCUT2D eigenvalue weighted by Gasteiger charge is -2.03. The van der Waals surface area contributed by atoms with Crippen LogP contribution in [0.2, 0.25) is 0 Å². The van der Waals surface area contributed by atoms with Crippen molar-refractivity contribution in [1.29, 1.82) is 0 Å². The third-order valence-corrected chi connectivity index (χ3v) is 1.51. The van der Waals surface area contributed by atoms with E-state index < -0.39 is 11.0 Å². The van der Waals surface area contributed by atoms with E-state index in [0.29, 0.717) is 6.42 Å². The predicted molar refractivity (Wildman–Crippen MR) is 48.0 cm³/mol. The van der Waals surface area contributed by atoms with Gasteiger partial charge in [-0.3, -0.25) is 10.1 Å². The van der Waals surface area contributed by atoms with Gasteiger partial charge in [0.2, 0.25) is 6.04 Å². The Balaban J connectivity index is 3.90.